The summed E-state index contributed by atoms with van der Waals surface area (Å²) >= 11 is 9.00. The van der Waals surface area contributed by atoms with E-state index in [9.17, 15) is 9.18 Å². The number of hydrogen-bond donors (Lipinski definition) is 1. The molecule has 0 saturated carbocycles. The first-order valence-electron chi connectivity index (χ1n) is 5.54. The lowest BCUT2D eigenvalue weighted by Crippen LogP contribution is -2.23. The van der Waals surface area contributed by atoms with Crippen LogP contribution in [0.5, 0.6) is 0 Å². The quantitative estimate of drug-likeness (QED) is 0.891. The van der Waals surface area contributed by atoms with Crippen molar-refractivity contribution in [3.63, 3.8) is 0 Å². The van der Waals surface area contributed by atoms with Gasteiger partial charge in [0.05, 0.1) is 0 Å². The summed E-state index contributed by atoms with van der Waals surface area (Å²) in [5.74, 6) is -0.615. The Morgan fingerprint density at radius 3 is 2.58 bits per heavy atom. The van der Waals surface area contributed by atoms with Gasteiger partial charge in [-0.25, -0.2) is 4.39 Å². The summed E-state index contributed by atoms with van der Waals surface area (Å²) in [5, 5.41) is 3.22. The zero-order valence-electron chi connectivity index (χ0n) is 9.79. The Balaban J connectivity index is 2.04. The zero-order chi connectivity index (χ0) is 13.8. The van der Waals surface area contributed by atoms with Crippen molar-refractivity contribution >= 4 is 33.4 Å². The van der Waals surface area contributed by atoms with Crippen LogP contribution in [0.3, 0.4) is 0 Å². The van der Waals surface area contributed by atoms with Crippen molar-refractivity contribution < 1.29 is 9.18 Å². The van der Waals surface area contributed by atoms with Crippen molar-refractivity contribution in [3.05, 3.63) is 68.9 Å². The number of carbonyl (C=O) groups is 1. The van der Waals surface area contributed by atoms with Crippen LogP contribution in [0.4, 0.5) is 4.39 Å². The first-order valence-corrected chi connectivity index (χ1v) is 6.71. The molecule has 0 heterocycles. The highest BCUT2D eigenvalue weighted by molar-refractivity contribution is 9.10. The second-order valence-corrected chi connectivity index (χ2v) is 5.28. The van der Waals surface area contributed by atoms with E-state index in [1.165, 1.54) is 6.07 Å². The van der Waals surface area contributed by atoms with Gasteiger partial charge >= 0.3 is 0 Å². The van der Waals surface area contributed by atoms with Gasteiger partial charge in [0.25, 0.3) is 5.91 Å². The van der Waals surface area contributed by atoms with E-state index in [4.69, 9.17) is 11.6 Å². The van der Waals surface area contributed by atoms with Crippen LogP contribution in [0.25, 0.3) is 0 Å². The highest BCUT2D eigenvalue weighted by atomic mass is 79.9. The molecule has 0 atom stereocenters. The monoisotopic (exact) mass is 341 g/mol. The summed E-state index contributed by atoms with van der Waals surface area (Å²) in [5.41, 5.74) is 0.913. The van der Waals surface area contributed by atoms with Gasteiger partial charge in [-0.1, -0.05) is 27.5 Å². The predicted molar refractivity (Wildman–Crippen MR) is 76.7 cm³/mol. The van der Waals surface area contributed by atoms with Crippen LogP contribution in [0.15, 0.2) is 46.9 Å². The number of hydrogen-bond acceptors (Lipinski definition) is 1. The van der Waals surface area contributed by atoms with Crippen LogP contribution >= 0.6 is 27.5 Å². The molecule has 0 fully saturated rings. The molecule has 2 nitrogen and oxygen atoms in total. The second kappa shape index (κ2) is 6.17. The summed E-state index contributed by atoms with van der Waals surface area (Å²) in [7, 11) is 0. The molecule has 1 N–H and O–H groups in total. The number of amides is 1. The third-order valence-electron chi connectivity index (χ3n) is 2.55. The Morgan fingerprint density at radius 2 is 1.89 bits per heavy atom. The van der Waals surface area contributed by atoms with E-state index in [1.807, 2.05) is 0 Å². The fourth-order valence-corrected chi connectivity index (χ4v) is 2.09. The van der Waals surface area contributed by atoms with Crippen LogP contribution in [0.1, 0.15) is 15.9 Å². The smallest absolute Gasteiger partial charge is 0.251 e. The summed E-state index contributed by atoms with van der Waals surface area (Å²) in [6.45, 7) is 0.132. The highest BCUT2D eigenvalue weighted by Gasteiger charge is 2.07. The molecule has 0 aromatic heterocycles. The van der Waals surface area contributed by atoms with Gasteiger partial charge in [0.1, 0.15) is 5.82 Å². The van der Waals surface area contributed by atoms with Crippen LogP contribution < -0.4 is 5.32 Å². The molecular formula is C14H10BrClFNO. The van der Waals surface area contributed by atoms with Crippen molar-refractivity contribution in [1.82, 2.24) is 5.32 Å². The largest absolute Gasteiger partial charge is 0.348 e. The standard InChI is InChI=1S/C14H10BrClFNO/c15-11-3-6-13(17)10(7-11)8-18-14(19)9-1-4-12(16)5-2-9/h1-7H,8H2,(H,18,19). The number of rotatable bonds is 3. The average Bonchev–Trinajstić information content (AvgIpc) is 2.40. The molecule has 0 unspecified atom stereocenters. The summed E-state index contributed by atoms with van der Waals surface area (Å²) in [4.78, 5) is 11.8. The van der Waals surface area contributed by atoms with Crippen molar-refractivity contribution in [2.75, 3.05) is 0 Å². The third kappa shape index (κ3) is 3.78. The SMILES string of the molecule is O=C(NCc1cc(Br)ccc1F)c1ccc(Cl)cc1. The van der Waals surface area contributed by atoms with E-state index in [0.29, 0.717) is 16.1 Å². The van der Waals surface area contributed by atoms with E-state index >= 15 is 0 Å². The van der Waals surface area contributed by atoms with Crippen molar-refractivity contribution in [1.29, 1.82) is 0 Å². The van der Waals surface area contributed by atoms with Gasteiger partial charge in [0, 0.05) is 27.2 Å². The summed E-state index contributed by atoms with van der Waals surface area (Å²) in [6.07, 6.45) is 0. The minimum absolute atomic E-state index is 0.132. The molecule has 0 spiro atoms. The minimum atomic E-state index is -0.348. The molecule has 5 heteroatoms. The van der Waals surface area contributed by atoms with Gasteiger partial charge in [0.15, 0.2) is 0 Å². The Morgan fingerprint density at radius 1 is 1.21 bits per heavy atom. The molecule has 0 aliphatic rings. The molecule has 0 aliphatic carbocycles. The molecule has 2 rings (SSSR count). The molecule has 0 saturated heterocycles. The number of benzene rings is 2. The molecular weight excluding hydrogens is 333 g/mol. The van der Waals surface area contributed by atoms with E-state index in [1.54, 1.807) is 36.4 Å². The second-order valence-electron chi connectivity index (χ2n) is 3.93. The maximum atomic E-state index is 13.5. The zero-order valence-corrected chi connectivity index (χ0v) is 12.1. The van der Waals surface area contributed by atoms with E-state index in [2.05, 4.69) is 21.2 Å². The molecule has 0 aliphatic heterocycles. The van der Waals surface area contributed by atoms with Gasteiger partial charge in [-0.15, -0.1) is 0 Å². The average molecular weight is 343 g/mol. The lowest BCUT2D eigenvalue weighted by molar-refractivity contribution is 0.0950. The molecule has 0 bridgehead atoms. The molecule has 98 valence electrons. The first kappa shape index (κ1) is 14.0. The number of nitrogens with one attached hydrogen (secondary N) is 1. The molecule has 0 radical (unpaired) electrons. The van der Waals surface area contributed by atoms with E-state index in [0.717, 1.165) is 4.47 Å². The van der Waals surface area contributed by atoms with Gasteiger partial charge in [-0.2, -0.15) is 0 Å². The Labute approximate surface area is 123 Å². The maximum Gasteiger partial charge on any atom is 0.251 e. The van der Waals surface area contributed by atoms with Gasteiger partial charge in [-0.05, 0) is 42.5 Å². The molecule has 1 amide bonds. The van der Waals surface area contributed by atoms with E-state index < -0.39 is 0 Å². The summed E-state index contributed by atoms with van der Waals surface area (Å²) < 4.78 is 14.3. The van der Waals surface area contributed by atoms with Gasteiger partial charge in [0.2, 0.25) is 0 Å². The Bertz CT molecular complexity index is 601. The fraction of sp³-hybridized carbons (Fsp3) is 0.0714. The van der Waals surface area contributed by atoms with Gasteiger partial charge in [-0.3, -0.25) is 4.79 Å². The van der Waals surface area contributed by atoms with Crippen LogP contribution in [-0.4, -0.2) is 5.91 Å². The van der Waals surface area contributed by atoms with E-state index in [-0.39, 0.29) is 18.3 Å². The third-order valence-corrected chi connectivity index (χ3v) is 3.30. The van der Waals surface area contributed by atoms with Crippen LogP contribution in [-0.2, 0) is 6.54 Å². The van der Waals surface area contributed by atoms with Crippen LogP contribution in [0, 0.1) is 5.82 Å². The normalized spacial score (nSPS) is 10.3. The molecule has 2 aromatic rings. The minimum Gasteiger partial charge on any atom is -0.348 e. The van der Waals surface area contributed by atoms with Crippen molar-refractivity contribution in [2.45, 2.75) is 6.54 Å². The van der Waals surface area contributed by atoms with Crippen molar-refractivity contribution in [3.8, 4) is 0 Å². The Kier molecular flexibility index (Phi) is 4.56. The lowest BCUT2D eigenvalue weighted by atomic mass is 10.2. The maximum absolute atomic E-state index is 13.5. The van der Waals surface area contributed by atoms with Crippen LogP contribution in [0.2, 0.25) is 5.02 Å². The number of halogens is 3. The number of carbonyl (C=O) groups excluding carboxylic acids is 1. The molecule has 19 heavy (non-hydrogen) atoms. The lowest BCUT2D eigenvalue weighted by Gasteiger charge is -2.07. The summed E-state index contributed by atoms with van der Waals surface area (Å²) in [6, 6.07) is 11.1. The molecule has 2 aromatic carbocycles. The van der Waals surface area contributed by atoms with Gasteiger partial charge < -0.3 is 5.32 Å². The highest BCUT2D eigenvalue weighted by Crippen LogP contribution is 2.15. The predicted octanol–water partition coefficient (Wildman–Crippen LogP) is 4.17. The topological polar surface area (TPSA) is 29.1 Å². The Hall–Kier alpha value is -1.39. The fourth-order valence-electron chi connectivity index (χ4n) is 1.56. The first-order chi connectivity index (χ1) is 9.06. The van der Waals surface area contributed by atoms with Crippen molar-refractivity contribution in [2.24, 2.45) is 0 Å².